The monoisotopic (exact) mass is 496 g/mol. The largest absolute Gasteiger partial charge is 0.434 e. The molecule has 0 radical (unpaired) electrons. The van der Waals surface area contributed by atoms with Gasteiger partial charge in [0.2, 0.25) is 5.91 Å². The highest BCUT2D eigenvalue weighted by Crippen LogP contribution is 2.53. The summed E-state index contributed by atoms with van der Waals surface area (Å²) in [6.07, 6.45) is 3.55. The molecule has 4 rings (SSSR count). The molecule has 190 valence electrons. The molecule has 1 atom stereocenters. The lowest BCUT2D eigenvalue weighted by atomic mass is 9.94. The first-order valence-corrected chi connectivity index (χ1v) is 11.8. The van der Waals surface area contributed by atoms with Crippen LogP contribution in [0.25, 0.3) is 0 Å². The van der Waals surface area contributed by atoms with E-state index >= 15 is 8.78 Å². The molecule has 1 saturated heterocycles. The third-order valence-electron chi connectivity index (χ3n) is 7.25. The third kappa shape index (κ3) is 5.97. The van der Waals surface area contributed by atoms with Crippen molar-refractivity contribution in [2.45, 2.75) is 75.5 Å². The summed E-state index contributed by atoms with van der Waals surface area (Å²) >= 11 is 0. The fraction of sp³-hybridized carbons (Fsp3) is 0.625. The fourth-order valence-electron chi connectivity index (χ4n) is 4.51. The first-order chi connectivity index (χ1) is 16.6. The number of alkyl halides is 4. The van der Waals surface area contributed by atoms with Crippen molar-refractivity contribution >= 4 is 11.9 Å². The molecule has 0 bridgehead atoms. The van der Waals surface area contributed by atoms with E-state index in [0.717, 1.165) is 37.8 Å². The van der Waals surface area contributed by atoms with Crippen LogP contribution in [0.3, 0.4) is 0 Å². The molecule has 1 unspecified atom stereocenters. The summed E-state index contributed by atoms with van der Waals surface area (Å²) in [5, 5.41) is 14.4. The average Bonchev–Trinajstić information content (AvgIpc) is 3.75. The summed E-state index contributed by atoms with van der Waals surface area (Å²) in [6, 6.07) is 4.75. The van der Waals surface area contributed by atoms with Crippen LogP contribution in [0.5, 0.6) is 5.75 Å². The van der Waals surface area contributed by atoms with Crippen molar-refractivity contribution in [1.82, 2.24) is 15.5 Å². The molecular formula is C24H28F4N4O3. The van der Waals surface area contributed by atoms with E-state index in [1.807, 2.05) is 6.07 Å². The number of carbonyl (C=O) groups excluding carboxylic acids is 2. The zero-order chi connectivity index (χ0) is 25.3. The molecular weight excluding hydrogens is 468 g/mol. The molecule has 2 saturated carbocycles. The van der Waals surface area contributed by atoms with Gasteiger partial charge in [0.25, 0.3) is 5.92 Å². The number of rotatable bonds is 9. The van der Waals surface area contributed by atoms with Crippen molar-refractivity contribution in [3.8, 4) is 11.8 Å². The minimum Gasteiger partial charge on any atom is -0.434 e. The SMILES string of the molecule is N#CC1(NC(=O)C(CCC(F)(F)c2ccccc2OC(F)F)NC(=O)N2CCC3(CC2)CC3)CC1. The number of carbonyl (C=O) groups is 2. The second-order valence-electron chi connectivity index (χ2n) is 9.79. The van der Waals surface area contributed by atoms with Crippen LogP contribution in [-0.4, -0.2) is 48.1 Å². The number of nitriles is 1. The Hall–Kier alpha value is -3.03. The number of likely N-dealkylation sites (tertiary alicyclic amines) is 1. The van der Waals surface area contributed by atoms with E-state index in [2.05, 4.69) is 15.4 Å². The van der Waals surface area contributed by atoms with Crippen LogP contribution in [0.2, 0.25) is 0 Å². The smallest absolute Gasteiger partial charge is 0.387 e. The summed E-state index contributed by atoms with van der Waals surface area (Å²) in [6.45, 7) is -2.22. The number of amides is 3. The van der Waals surface area contributed by atoms with Crippen molar-refractivity contribution in [1.29, 1.82) is 5.26 Å². The quantitative estimate of drug-likeness (QED) is 0.499. The van der Waals surface area contributed by atoms with E-state index < -0.39 is 60.2 Å². The third-order valence-corrected chi connectivity index (χ3v) is 7.25. The number of ether oxygens (including phenoxy) is 1. The molecule has 2 N–H and O–H groups in total. The number of nitrogens with one attached hydrogen (secondary N) is 2. The number of hydrogen-bond acceptors (Lipinski definition) is 4. The number of hydrogen-bond donors (Lipinski definition) is 2. The lowest BCUT2D eigenvalue weighted by Crippen LogP contribution is -2.54. The number of nitrogens with zero attached hydrogens (tertiary/aromatic N) is 2. The Labute approximate surface area is 200 Å². The molecule has 3 fully saturated rings. The Balaban J connectivity index is 1.44. The second-order valence-corrected chi connectivity index (χ2v) is 9.79. The molecule has 1 heterocycles. The maximum atomic E-state index is 15.1. The van der Waals surface area contributed by atoms with E-state index in [1.54, 1.807) is 4.90 Å². The predicted octanol–water partition coefficient (Wildman–Crippen LogP) is 4.29. The van der Waals surface area contributed by atoms with Crippen LogP contribution in [0.15, 0.2) is 24.3 Å². The molecule has 11 heteroatoms. The van der Waals surface area contributed by atoms with E-state index in [-0.39, 0.29) is 0 Å². The molecule has 2 aliphatic carbocycles. The van der Waals surface area contributed by atoms with Crippen molar-refractivity contribution in [3.05, 3.63) is 29.8 Å². The highest BCUT2D eigenvalue weighted by Gasteiger charge is 2.47. The maximum absolute atomic E-state index is 15.1. The number of benzene rings is 1. The maximum Gasteiger partial charge on any atom is 0.387 e. The van der Waals surface area contributed by atoms with Crippen LogP contribution < -0.4 is 15.4 Å². The molecule has 1 aliphatic heterocycles. The number of para-hydroxylation sites is 1. The normalized spacial score (nSPS) is 20.6. The lowest BCUT2D eigenvalue weighted by molar-refractivity contribution is -0.124. The Morgan fingerprint density at radius 2 is 1.77 bits per heavy atom. The van der Waals surface area contributed by atoms with Gasteiger partial charge in [0.15, 0.2) is 0 Å². The van der Waals surface area contributed by atoms with Gasteiger partial charge in [-0.1, -0.05) is 12.1 Å². The van der Waals surface area contributed by atoms with Crippen LogP contribution >= 0.6 is 0 Å². The van der Waals surface area contributed by atoms with E-state index in [0.29, 0.717) is 31.3 Å². The van der Waals surface area contributed by atoms with Crippen molar-refractivity contribution in [2.75, 3.05) is 13.1 Å². The number of urea groups is 1. The Morgan fingerprint density at radius 3 is 2.34 bits per heavy atom. The fourth-order valence-corrected chi connectivity index (χ4v) is 4.51. The van der Waals surface area contributed by atoms with E-state index in [4.69, 9.17) is 0 Å². The minimum absolute atomic E-state index is 0.328. The summed E-state index contributed by atoms with van der Waals surface area (Å²) < 4.78 is 59.7. The Bertz CT molecular complexity index is 995. The molecule has 3 amide bonds. The average molecular weight is 497 g/mol. The molecule has 1 aromatic rings. The van der Waals surface area contributed by atoms with Crippen molar-refractivity contribution < 1.29 is 31.9 Å². The molecule has 0 aromatic heterocycles. The summed E-state index contributed by atoms with van der Waals surface area (Å²) in [5.41, 5.74) is -1.44. The topological polar surface area (TPSA) is 94.5 Å². The molecule has 1 spiro atoms. The van der Waals surface area contributed by atoms with Gasteiger partial charge in [-0.25, -0.2) is 13.6 Å². The Kier molecular flexibility index (Phi) is 6.84. The van der Waals surface area contributed by atoms with Crippen LogP contribution in [-0.2, 0) is 10.7 Å². The lowest BCUT2D eigenvalue weighted by Gasteiger charge is -2.33. The summed E-state index contributed by atoms with van der Waals surface area (Å²) in [4.78, 5) is 27.3. The van der Waals surface area contributed by atoms with Gasteiger partial charge < -0.3 is 20.3 Å². The Morgan fingerprint density at radius 1 is 1.11 bits per heavy atom. The highest BCUT2D eigenvalue weighted by atomic mass is 19.3. The van der Waals surface area contributed by atoms with E-state index in [9.17, 15) is 23.6 Å². The first kappa shape index (κ1) is 25.1. The van der Waals surface area contributed by atoms with Crippen LogP contribution in [0.1, 0.15) is 56.9 Å². The van der Waals surface area contributed by atoms with Crippen LogP contribution in [0.4, 0.5) is 22.4 Å². The molecule has 3 aliphatic rings. The standard InChI is InChI=1S/C24H28F4N4O3/c25-20(26)35-18-4-2-1-3-16(18)24(27,28)6-5-17(19(33)31-23(15-29)9-10-23)30-21(34)32-13-11-22(7-8-22)12-14-32/h1-4,17,20H,5-14H2,(H,30,34)(H,31,33). The first-order valence-electron chi connectivity index (χ1n) is 11.8. The highest BCUT2D eigenvalue weighted by molar-refractivity contribution is 5.88. The summed E-state index contributed by atoms with van der Waals surface area (Å²) in [7, 11) is 0. The minimum atomic E-state index is -3.61. The predicted molar refractivity (Wildman–Crippen MR) is 117 cm³/mol. The van der Waals surface area contributed by atoms with Crippen LogP contribution in [0, 0.1) is 16.7 Å². The van der Waals surface area contributed by atoms with Gasteiger partial charge in [0.05, 0.1) is 11.6 Å². The number of halogens is 4. The van der Waals surface area contributed by atoms with Gasteiger partial charge >= 0.3 is 12.6 Å². The molecule has 1 aromatic carbocycles. The van der Waals surface area contributed by atoms with Gasteiger partial charge in [-0.05, 0) is 62.5 Å². The van der Waals surface area contributed by atoms with Gasteiger partial charge in [0, 0.05) is 19.5 Å². The van der Waals surface area contributed by atoms with Gasteiger partial charge in [0.1, 0.15) is 17.3 Å². The van der Waals surface area contributed by atoms with Crippen molar-refractivity contribution in [2.24, 2.45) is 5.41 Å². The molecule has 35 heavy (non-hydrogen) atoms. The van der Waals surface area contributed by atoms with Gasteiger partial charge in [-0.3, -0.25) is 4.79 Å². The zero-order valence-electron chi connectivity index (χ0n) is 19.2. The zero-order valence-corrected chi connectivity index (χ0v) is 19.2. The second kappa shape index (κ2) is 9.55. The van der Waals surface area contributed by atoms with Crippen molar-refractivity contribution in [3.63, 3.8) is 0 Å². The number of piperidine rings is 1. The van der Waals surface area contributed by atoms with Gasteiger partial charge in [-0.15, -0.1) is 0 Å². The summed E-state index contributed by atoms with van der Waals surface area (Å²) in [5.74, 6) is -4.98. The van der Waals surface area contributed by atoms with Gasteiger partial charge in [-0.2, -0.15) is 14.0 Å². The molecule has 7 nitrogen and oxygen atoms in total. The van der Waals surface area contributed by atoms with E-state index in [1.165, 1.54) is 12.1 Å².